The standard InChI is InChI=1S/C18H19ClFN3S/c19-16-7-4-8-17(20)15(16)13-22-9-11-23(12-10-22)18(24)21-14-5-2-1-3-6-14/h1-8H,9-13H2,(H,21,24). The van der Waals surface area contributed by atoms with Crippen molar-refractivity contribution >= 4 is 34.6 Å². The van der Waals surface area contributed by atoms with Crippen LogP contribution in [0.15, 0.2) is 48.5 Å². The van der Waals surface area contributed by atoms with Crippen molar-refractivity contribution in [3.8, 4) is 0 Å². The molecule has 2 aromatic rings. The molecule has 0 radical (unpaired) electrons. The van der Waals surface area contributed by atoms with Crippen molar-refractivity contribution in [1.29, 1.82) is 0 Å². The van der Waals surface area contributed by atoms with Crippen LogP contribution >= 0.6 is 23.8 Å². The Morgan fingerprint density at radius 2 is 1.75 bits per heavy atom. The molecular formula is C18H19ClFN3S. The summed E-state index contributed by atoms with van der Waals surface area (Å²) in [5, 5.41) is 4.46. The summed E-state index contributed by atoms with van der Waals surface area (Å²) in [7, 11) is 0. The number of piperazine rings is 1. The molecule has 2 aromatic carbocycles. The molecule has 0 atom stereocenters. The van der Waals surface area contributed by atoms with Crippen LogP contribution in [0, 0.1) is 5.82 Å². The lowest BCUT2D eigenvalue weighted by molar-refractivity contribution is 0.175. The van der Waals surface area contributed by atoms with Crippen LogP contribution in [0.1, 0.15) is 5.56 Å². The molecule has 1 saturated heterocycles. The van der Waals surface area contributed by atoms with Crippen LogP contribution in [0.25, 0.3) is 0 Å². The van der Waals surface area contributed by atoms with E-state index in [-0.39, 0.29) is 5.82 Å². The highest BCUT2D eigenvalue weighted by molar-refractivity contribution is 7.80. The summed E-state index contributed by atoms with van der Waals surface area (Å²) in [4.78, 5) is 4.34. The Balaban J connectivity index is 1.53. The second kappa shape index (κ2) is 7.92. The van der Waals surface area contributed by atoms with E-state index in [2.05, 4.69) is 15.1 Å². The van der Waals surface area contributed by atoms with Crippen LogP contribution in [0.4, 0.5) is 10.1 Å². The molecule has 3 rings (SSSR count). The fourth-order valence-electron chi connectivity index (χ4n) is 2.74. The molecule has 24 heavy (non-hydrogen) atoms. The summed E-state index contributed by atoms with van der Waals surface area (Å²) in [5.41, 5.74) is 1.56. The van der Waals surface area contributed by atoms with E-state index in [1.165, 1.54) is 6.07 Å². The summed E-state index contributed by atoms with van der Waals surface area (Å²) >= 11 is 11.6. The van der Waals surface area contributed by atoms with Crippen molar-refractivity contribution in [3.05, 3.63) is 64.9 Å². The van der Waals surface area contributed by atoms with Crippen molar-refractivity contribution in [2.75, 3.05) is 31.5 Å². The first-order valence-electron chi connectivity index (χ1n) is 7.90. The minimum Gasteiger partial charge on any atom is -0.346 e. The Morgan fingerprint density at radius 3 is 2.42 bits per heavy atom. The smallest absolute Gasteiger partial charge is 0.173 e. The maximum absolute atomic E-state index is 13.9. The zero-order valence-corrected chi connectivity index (χ0v) is 14.8. The van der Waals surface area contributed by atoms with Crippen molar-refractivity contribution in [2.45, 2.75) is 6.54 Å². The van der Waals surface area contributed by atoms with E-state index in [0.717, 1.165) is 37.0 Å². The van der Waals surface area contributed by atoms with Gasteiger partial charge in [0.1, 0.15) is 5.82 Å². The first-order valence-corrected chi connectivity index (χ1v) is 8.68. The highest BCUT2D eigenvalue weighted by Gasteiger charge is 2.20. The number of benzene rings is 2. The van der Waals surface area contributed by atoms with Crippen molar-refractivity contribution in [1.82, 2.24) is 9.80 Å². The van der Waals surface area contributed by atoms with Crippen molar-refractivity contribution in [2.24, 2.45) is 0 Å². The third kappa shape index (κ3) is 4.23. The Kier molecular flexibility index (Phi) is 5.66. The number of hydrogen-bond acceptors (Lipinski definition) is 2. The van der Waals surface area contributed by atoms with Crippen LogP contribution in [-0.4, -0.2) is 41.1 Å². The summed E-state index contributed by atoms with van der Waals surface area (Å²) in [6.45, 7) is 3.79. The van der Waals surface area contributed by atoms with Gasteiger partial charge in [-0.1, -0.05) is 35.9 Å². The fraction of sp³-hybridized carbons (Fsp3) is 0.278. The molecule has 0 unspecified atom stereocenters. The van der Waals surface area contributed by atoms with Gasteiger partial charge in [-0.15, -0.1) is 0 Å². The molecule has 6 heteroatoms. The summed E-state index contributed by atoms with van der Waals surface area (Å²) < 4.78 is 13.9. The number of nitrogens with zero attached hydrogens (tertiary/aromatic N) is 2. The molecule has 0 saturated carbocycles. The van der Waals surface area contributed by atoms with Gasteiger partial charge in [0.25, 0.3) is 0 Å². The number of halogens is 2. The molecule has 0 amide bonds. The van der Waals surface area contributed by atoms with E-state index < -0.39 is 0 Å². The zero-order chi connectivity index (χ0) is 16.9. The van der Waals surface area contributed by atoms with Gasteiger partial charge in [0.05, 0.1) is 0 Å². The van der Waals surface area contributed by atoms with Gasteiger partial charge in [0.2, 0.25) is 0 Å². The number of anilines is 1. The van der Waals surface area contributed by atoms with Crippen LogP contribution in [0.3, 0.4) is 0 Å². The van der Waals surface area contributed by atoms with Crippen molar-refractivity contribution in [3.63, 3.8) is 0 Å². The SMILES string of the molecule is Fc1cccc(Cl)c1CN1CCN(C(=S)Nc2ccccc2)CC1. The van der Waals surface area contributed by atoms with E-state index in [9.17, 15) is 4.39 Å². The topological polar surface area (TPSA) is 18.5 Å². The molecule has 0 aliphatic carbocycles. The fourth-order valence-corrected chi connectivity index (χ4v) is 3.26. The molecule has 1 aliphatic heterocycles. The first-order chi connectivity index (χ1) is 11.6. The van der Waals surface area contributed by atoms with E-state index in [1.807, 2.05) is 30.3 Å². The number of nitrogens with one attached hydrogen (secondary N) is 1. The van der Waals surface area contributed by atoms with Gasteiger partial charge >= 0.3 is 0 Å². The van der Waals surface area contributed by atoms with Crippen LogP contribution in [0.5, 0.6) is 0 Å². The number of para-hydroxylation sites is 1. The maximum Gasteiger partial charge on any atom is 0.173 e. The third-order valence-electron chi connectivity index (χ3n) is 4.13. The Morgan fingerprint density at radius 1 is 1.04 bits per heavy atom. The van der Waals surface area contributed by atoms with Gasteiger partial charge in [0.15, 0.2) is 5.11 Å². The first kappa shape index (κ1) is 17.1. The van der Waals surface area contributed by atoms with Gasteiger partial charge in [-0.2, -0.15) is 0 Å². The lowest BCUT2D eigenvalue weighted by Crippen LogP contribution is -2.49. The predicted octanol–water partition coefficient (Wildman–Crippen LogP) is 3.99. The monoisotopic (exact) mass is 363 g/mol. The molecule has 1 fully saturated rings. The van der Waals surface area contributed by atoms with Gasteiger partial charge in [-0.25, -0.2) is 4.39 Å². The molecule has 0 spiro atoms. The molecule has 1 N–H and O–H groups in total. The second-order valence-electron chi connectivity index (χ2n) is 5.76. The molecule has 0 bridgehead atoms. The van der Waals surface area contributed by atoms with E-state index in [1.54, 1.807) is 12.1 Å². The van der Waals surface area contributed by atoms with Gasteiger partial charge in [-0.05, 0) is 36.5 Å². The average molecular weight is 364 g/mol. The molecule has 3 nitrogen and oxygen atoms in total. The maximum atomic E-state index is 13.9. The van der Waals surface area contributed by atoms with E-state index >= 15 is 0 Å². The van der Waals surface area contributed by atoms with E-state index in [0.29, 0.717) is 17.1 Å². The lowest BCUT2D eigenvalue weighted by atomic mass is 10.2. The van der Waals surface area contributed by atoms with Gasteiger partial charge in [-0.3, -0.25) is 4.90 Å². The second-order valence-corrected chi connectivity index (χ2v) is 6.55. The molecule has 0 aromatic heterocycles. The average Bonchev–Trinajstić information content (AvgIpc) is 2.60. The summed E-state index contributed by atoms with van der Waals surface area (Å²) in [5.74, 6) is -0.244. The van der Waals surface area contributed by atoms with Crippen LogP contribution in [0.2, 0.25) is 5.02 Å². The van der Waals surface area contributed by atoms with E-state index in [4.69, 9.17) is 23.8 Å². The summed E-state index contributed by atoms with van der Waals surface area (Å²) in [6.07, 6.45) is 0. The molecule has 126 valence electrons. The van der Waals surface area contributed by atoms with Crippen LogP contribution < -0.4 is 5.32 Å². The Bertz CT molecular complexity index is 682. The summed E-state index contributed by atoms with van der Waals surface area (Å²) in [6, 6.07) is 14.7. The quantitative estimate of drug-likeness (QED) is 0.830. The normalized spacial score (nSPS) is 15.3. The largest absolute Gasteiger partial charge is 0.346 e. The highest BCUT2D eigenvalue weighted by Crippen LogP contribution is 2.21. The highest BCUT2D eigenvalue weighted by atomic mass is 35.5. The number of rotatable bonds is 3. The molecule has 1 heterocycles. The molecular weight excluding hydrogens is 345 g/mol. The van der Waals surface area contributed by atoms with Crippen molar-refractivity contribution < 1.29 is 4.39 Å². The van der Waals surface area contributed by atoms with Gasteiger partial charge < -0.3 is 10.2 Å². The zero-order valence-electron chi connectivity index (χ0n) is 13.2. The third-order valence-corrected chi connectivity index (χ3v) is 4.84. The Hall–Kier alpha value is -1.69. The minimum absolute atomic E-state index is 0.244. The number of thiocarbonyl (C=S) groups is 1. The lowest BCUT2D eigenvalue weighted by Gasteiger charge is -2.36. The molecule has 1 aliphatic rings. The van der Waals surface area contributed by atoms with Crippen LogP contribution in [-0.2, 0) is 6.54 Å². The van der Waals surface area contributed by atoms with Gasteiger partial charge in [0, 0.05) is 49.0 Å². The predicted molar refractivity (Wildman–Crippen MR) is 101 cm³/mol. The minimum atomic E-state index is -0.244. The number of hydrogen-bond donors (Lipinski definition) is 1. The Labute approximate surface area is 152 Å².